The van der Waals surface area contributed by atoms with Crippen LogP contribution in [0.5, 0.6) is 0 Å². The van der Waals surface area contributed by atoms with Crippen molar-refractivity contribution < 1.29 is 9.53 Å². The van der Waals surface area contributed by atoms with Crippen molar-refractivity contribution in [3.05, 3.63) is 35.9 Å². The van der Waals surface area contributed by atoms with Crippen LogP contribution in [0.25, 0.3) is 0 Å². The highest BCUT2D eigenvalue weighted by Gasteiger charge is 2.16. The topological polar surface area (TPSA) is 29.5 Å². The van der Waals surface area contributed by atoms with Crippen LogP contribution in [0.15, 0.2) is 30.3 Å². The largest absolute Gasteiger partial charge is 0.468 e. The molecule has 0 aliphatic heterocycles. The minimum atomic E-state index is -0.190. The van der Waals surface area contributed by atoms with Gasteiger partial charge < -0.3 is 4.74 Å². The number of methoxy groups -OCH3 is 1. The molecule has 0 saturated carbocycles. The van der Waals surface area contributed by atoms with Gasteiger partial charge >= 0.3 is 5.97 Å². The summed E-state index contributed by atoms with van der Waals surface area (Å²) in [6.07, 6.45) is 0. The van der Waals surface area contributed by atoms with E-state index in [9.17, 15) is 4.79 Å². The van der Waals surface area contributed by atoms with Crippen LogP contribution < -0.4 is 0 Å². The van der Waals surface area contributed by atoms with Crippen molar-refractivity contribution >= 4 is 5.97 Å². The summed E-state index contributed by atoms with van der Waals surface area (Å²) in [4.78, 5) is 13.3. The molecule has 0 heterocycles. The van der Waals surface area contributed by atoms with Gasteiger partial charge in [0.25, 0.3) is 0 Å². The number of ether oxygens (including phenoxy) is 1. The van der Waals surface area contributed by atoms with Gasteiger partial charge in [0.1, 0.15) is 0 Å². The molecule has 0 radical (unpaired) electrons. The Morgan fingerprint density at radius 2 is 2.00 bits per heavy atom. The Balaban J connectivity index is 2.70. The van der Waals surface area contributed by atoms with Gasteiger partial charge in [-0.3, -0.25) is 9.69 Å². The molecule has 0 saturated heterocycles. The van der Waals surface area contributed by atoms with E-state index >= 15 is 0 Å². The summed E-state index contributed by atoms with van der Waals surface area (Å²) in [6, 6.07) is 10.4. The predicted molar refractivity (Wildman–Crippen MR) is 64.1 cm³/mol. The zero-order valence-electron chi connectivity index (χ0n) is 10.1. The van der Waals surface area contributed by atoms with Crippen molar-refractivity contribution in [1.82, 2.24) is 4.90 Å². The second-order valence-electron chi connectivity index (χ2n) is 3.73. The molecule has 16 heavy (non-hydrogen) atoms. The standard InChI is InChI=1S/C13H19NO2/c1-4-14(10-13(15)16-3)11(2)12-8-6-5-7-9-12/h5-9,11H,4,10H2,1-3H3. The van der Waals surface area contributed by atoms with Crippen LogP contribution in [0, 0.1) is 0 Å². The maximum absolute atomic E-state index is 11.3. The van der Waals surface area contributed by atoms with E-state index < -0.39 is 0 Å². The molecule has 88 valence electrons. The van der Waals surface area contributed by atoms with Gasteiger partial charge in [0.05, 0.1) is 13.7 Å². The number of hydrogen-bond acceptors (Lipinski definition) is 3. The molecule has 0 aliphatic rings. The molecule has 0 bridgehead atoms. The number of benzene rings is 1. The fraction of sp³-hybridized carbons (Fsp3) is 0.462. The molecule has 0 fully saturated rings. The number of carbonyl (C=O) groups is 1. The Hall–Kier alpha value is -1.35. The van der Waals surface area contributed by atoms with Gasteiger partial charge in [-0.2, -0.15) is 0 Å². The molecular formula is C13H19NO2. The number of likely N-dealkylation sites (N-methyl/N-ethyl adjacent to an activating group) is 1. The highest BCUT2D eigenvalue weighted by molar-refractivity contribution is 5.71. The second kappa shape index (κ2) is 6.28. The number of nitrogens with zero attached hydrogens (tertiary/aromatic N) is 1. The zero-order chi connectivity index (χ0) is 12.0. The van der Waals surface area contributed by atoms with Gasteiger partial charge in [0.15, 0.2) is 0 Å². The molecular weight excluding hydrogens is 202 g/mol. The van der Waals surface area contributed by atoms with Crippen molar-refractivity contribution in [2.24, 2.45) is 0 Å². The maximum Gasteiger partial charge on any atom is 0.319 e. The predicted octanol–water partition coefficient (Wildman–Crippen LogP) is 2.24. The fourth-order valence-electron chi connectivity index (χ4n) is 1.70. The lowest BCUT2D eigenvalue weighted by Crippen LogP contribution is -2.32. The Kier molecular flexibility index (Phi) is 4.99. The minimum absolute atomic E-state index is 0.190. The molecule has 1 rings (SSSR count). The molecule has 1 aromatic carbocycles. The van der Waals surface area contributed by atoms with Crippen molar-refractivity contribution in [3.63, 3.8) is 0 Å². The lowest BCUT2D eigenvalue weighted by atomic mass is 10.1. The van der Waals surface area contributed by atoms with Gasteiger partial charge in [-0.15, -0.1) is 0 Å². The zero-order valence-corrected chi connectivity index (χ0v) is 10.1. The molecule has 0 spiro atoms. The molecule has 1 atom stereocenters. The smallest absolute Gasteiger partial charge is 0.319 e. The number of esters is 1. The highest BCUT2D eigenvalue weighted by atomic mass is 16.5. The van der Waals surface area contributed by atoms with E-state index in [2.05, 4.69) is 28.7 Å². The minimum Gasteiger partial charge on any atom is -0.468 e. The summed E-state index contributed by atoms with van der Waals surface area (Å²) in [7, 11) is 1.42. The van der Waals surface area contributed by atoms with Crippen LogP contribution in [0.4, 0.5) is 0 Å². The number of hydrogen-bond donors (Lipinski definition) is 0. The molecule has 0 N–H and O–H groups in total. The summed E-state index contributed by atoms with van der Waals surface area (Å²) in [5.41, 5.74) is 1.22. The first-order valence-corrected chi connectivity index (χ1v) is 5.54. The molecule has 0 aliphatic carbocycles. The van der Waals surface area contributed by atoms with E-state index in [4.69, 9.17) is 0 Å². The van der Waals surface area contributed by atoms with E-state index in [0.29, 0.717) is 6.54 Å². The van der Waals surface area contributed by atoms with Crippen LogP contribution in [-0.4, -0.2) is 31.1 Å². The van der Waals surface area contributed by atoms with Crippen LogP contribution in [-0.2, 0) is 9.53 Å². The summed E-state index contributed by atoms with van der Waals surface area (Å²) >= 11 is 0. The molecule has 3 heteroatoms. The summed E-state index contributed by atoms with van der Waals surface area (Å²) in [5.74, 6) is -0.190. The third-order valence-electron chi connectivity index (χ3n) is 2.80. The number of rotatable bonds is 5. The molecule has 0 aromatic heterocycles. The van der Waals surface area contributed by atoms with Crippen molar-refractivity contribution in [3.8, 4) is 0 Å². The van der Waals surface area contributed by atoms with Crippen LogP contribution in [0.3, 0.4) is 0 Å². The van der Waals surface area contributed by atoms with Gasteiger partial charge in [-0.25, -0.2) is 0 Å². The average molecular weight is 221 g/mol. The van der Waals surface area contributed by atoms with Crippen LogP contribution in [0.1, 0.15) is 25.5 Å². The van der Waals surface area contributed by atoms with Gasteiger partial charge in [-0.1, -0.05) is 37.3 Å². The summed E-state index contributed by atoms with van der Waals surface area (Å²) in [5, 5.41) is 0. The highest BCUT2D eigenvalue weighted by Crippen LogP contribution is 2.18. The summed E-state index contributed by atoms with van der Waals surface area (Å²) in [6.45, 7) is 5.30. The maximum atomic E-state index is 11.3. The lowest BCUT2D eigenvalue weighted by molar-refractivity contribution is -0.142. The Labute approximate surface area is 97.0 Å². The van der Waals surface area contributed by atoms with Crippen LogP contribution in [0.2, 0.25) is 0 Å². The first kappa shape index (κ1) is 12.7. The monoisotopic (exact) mass is 221 g/mol. The first-order valence-electron chi connectivity index (χ1n) is 5.54. The third kappa shape index (κ3) is 3.35. The van der Waals surface area contributed by atoms with Crippen molar-refractivity contribution in [2.45, 2.75) is 19.9 Å². The normalized spacial score (nSPS) is 12.5. The Morgan fingerprint density at radius 3 is 2.50 bits per heavy atom. The molecule has 3 nitrogen and oxygen atoms in total. The molecule has 1 unspecified atom stereocenters. The van der Waals surface area contributed by atoms with E-state index in [1.54, 1.807) is 0 Å². The molecule has 1 aromatic rings. The number of carbonyl (C=O) groups excluding carboxylic acids is 1. The second-order valence-corrected chi connectivity index (χ2v) is 3.73. The fourth-order valence-corrected chi connectivity index (χ4v) is 1.70. The SMILES string of the molecule is CCN(CC(=O)OC)C(C)c1ccccc1. The quantitative estimate of drug-likeness (QED) is 0.714. The molecule has 0 amide bonds. The average Bonchev–Trinajstić information content (AvgIpc) is 2.35. The van der Waals surface area contributed by atoms with E-state index in [1.165, 1.54) is 12.7 Å². The van der Waals surface area contributed by atoms with E-state index in [-0.39, 0.29) is 12.0 Å². The Bertz CT molecular complexity index is 324. The lowest BCUT2D eigenvalue weighted by Gasteiger charge is -2.26. The van der Waals surface area contributed by atoms with Crippen LogP contribution >= 0.6 is 0 Å². The van der Waals surface area contributed by atoms with E-state index in [0.717, 1.165) is 6.54 Å². The Morgan fingerprint density at radius 1 is 1.38 bits per heavy atom. The van der Waals surface area contributed by atoms with Crippen molar-refractivity contribution in [1.29, 1.82) is 0 Å². The van der Waals surface area contributed by atoms with Gasteiger partial charge in [0, 0.05) is 6.04 Å². The van der Waals surface area contributed by atoms with Crippen molar-refractivity contribution in [2.75, 3.05) is 20.2 Å². The third-order valence-corrected chi connectivity index (χ3v) is 2.80. The van der Waals surface area contributed by atoms with Gasteiger partial charge in [-0.05, 0) is 19.0 Å². The first-order chi connectivity index (χ1) is 7.69. The summed E-state index contributed by atoms with van der Waals surface area (Å²) < 4.78 is 4.69. The van der Waals surface area contributed by atoms with E-state index in [1.807, 2.05) is 25.1 Å². The van der Waals surface area contributed by atoms with Gasteiger partial charge in [0.2, 0.25) is 0 Å².